The second-order valence-electron chi connectivity index (χ2n) is 6.07. The van der Waals surface area contributed by atoms with Crippen LogP contribution in [0.2, 0.25) is 0 Å². The molecule has 3 aliphatic heterocycles. The Labute approximate surface area is 137 Å². The van der Waals surface area contributed by atoms with Gasteiger partial charge in [0.1, 0.15) is 0 Å². The van der Waals surface area contributed by atoms with Crippen molar-refractivity contribution in [2.75, 3.05) is 0 Å². The van der Waals surface area contributed by atoms with Gasteiger partial charge in [-0.1, -0.05) is 0 Å². The average molecular weight is 341 g/mol. The number of thioether (sulfide) groups is 1. The van der Waals surface area contributed by atoms with E-state index in [-0.39, 0.29) is 59.8 Å². The molecule has 0 aromatic rings. The minimum absolute atomic E-state index is 0.00715. The standard InChI is InChI=1S/C14H19N3O5S/c18-10-4-5-11(19)17(10)8(2-1-3-12(20)21)9-6-7-13(23-9)16-14(22)15-7/h7-9,13H,1-6H2,(H,20,21)(H2,15,16,22). The third-order valence-electron chi connectivity index (χ3n) is 4.50. The number of hydrogen-bond donors (Lipinski definition) is 3. The smallest absolute Gasteiger partial charge is 0.316 e. The van der Waals surface area contributed by atoms with Crippen molar-refractivity contribution in [3.8, 4) is 0 Å². The molecule has 9 heteroatoms. The summed E-state index contributed by atoms with van der Waals surface area (Å²) in [6.07, 6.45) is 2.05. The zero-order chi connectivity index (χ0) is 16.6. The average Bonchev–Trinajstić information content (AvgIpc) is 3.09. The molecule has 3 saturated heterocycles. The van der Waals surface area contributed by atoms with Crippen LogP contribution in [-0.2, 0) is 14.4 Å². The maximum Gasteiger partial charge on any atom is 0.316 e. The third-order valence-corrected chi connectivity index (χ3v) is 6.10. The van der Waals surface area contributed by atoms with Crippen LogP contribution in [0.15, 0.2) is 0 Å². The Morgan fingerprint density at radius 1 is 1.26 bits per heavy atom. The van der Waals surface area contributed by atoms with Gasteiger partial charge >= 0.3 is 12.0 Å². The summed E-state index contributed by atoms with van der Waals surface area (Å²) in [5.41, 5.74) is 0. The van der Waals surface area contributed by atoms with E-state index in [1.54, 1.807) is 11.8 Å². The predicted molar refractivity (Wildman–Crippen MR) is 81.6 cm³/mol. The molecule has 4 atom stereocenters. The number of hydrogen-bond acceptors (Lipinski definition) is 5. The first-order valence-electron chi connectivity index (χ1n) is 7.75. The van der Waals surface area contributed by atoms with Crippen molar-refractivity contribution in [1.29, 1.82) is 0 Å². The van der Waals surface area contributed by atoms with E-state index in [0.29, 0.717) is 19.3 Å². The van der Waals surface area contributed by atoms with E-state index in [2.05, 4.69) is 10.6 Å². The fourth-order valence-corrected chi connectivity index (χ4v) is 5.15. The number of rotatable bonds is 6. The molecule has 0 aromatic heterocycles. The number of carbonyl (C=O) groups is 4. The summed E-state index contributed by atoms with van der Waals surface area (Å²) < 4.78 is 0. The van der Waals surface area contributed by atoms with E-state index < -0.39 is 5.97 Å². The van der Waals surface area contributed by atoms with Crippen molar-refractivity contribution < 1.29 is 24.3 Å². The summed E-state index contributed by atoms with van der Waals surface area (Å²) in [5.74, 6) is -1.23. The van der Waals surface area contributed by atoms with Gasteiger partial charge in [0.15, 0.2) is 0 Å². The van der Waals surface area contributed by atoms with E-state index in [1.807, 2.05) is 0 Å². The summed E-state index contributed by atoms with van der Waals surface area (Å²) in [4.78, 5) is 47.5. The maximum absolute atomic E-state index is 12.1. The van der Waals surface area contributed by atoms with Crippen LogP contribution in [0.25, 0.3) is 0 Å². The number of carbonyl (C=O) groups excluding carboxylic acids is 3. The lowest BCUT2D eigenvalue weighted by Crippen LogP contribution is -2.46. The van der Waals surface area contributed by atoms with Crippen LogP contribution in [-0.4, -0.2) is 56.5 Å². The molecular formula is C14H19N3O5S. The number of carboxylic acids is 1. The largest absolute Gasteiger partial charge is 0.481 e. The molecule has 3 heterocycles. The van der Waals surface area contributed by atoms with Crippen LogP contribution in [0.1, 0.15) is 38.5 Å². The lowest BCUT2D eigenvalue weighted by molar-refractivity contribution is -0.141. The molecule has 8 nitrogen and oxygen atoms in total. The zero-order valence-electron chi connectivity index (χ0n) is 12.5. The Morgan fingerprint density at radius 3 is 2.57 bits per heavy atom. The molecule has 0 aromatic carbocycles. The first-order chi connectivity index (χ1) is 11.0. The Bertz CT molecular complexity index is 523. The highest BCUT2D eigenvalue weighted by Gasteiger charge is 2.47. The van der Waals surface area contributed by atoms with Crippen LogP contribution in [0.5, 0.6) is 0 Å². The quantitative estimate of drug-likeness (QED) is 0.597. The summed E-state index contributed by atoms with van der Waals surface area (Å²) in [6, 6.07) is -0.500. The third kappa shape index (κ3) is 3.29. The number of imide groups is 1. The summed E-state index contributed by atoms with van der Waals surface area (Å²) in [6.45, 7) is 0. The molecule has 4 amide bonds. The van der Waals surface area contributed by atoms with Gasteiger partial charge in [-0.15, -0.1) is 11.8 Å². The van der Waals surface area contributed by atoms with Crippen molar-refractivity contribution in [1.82, 2.24) is 15.5 Å². The van der Waals surface area contributed by atoms with Gasteiger partial charge in [-0.25, -0.2) is 4.79 Å². The molecule has 126 valence electrons. The van der Waals surface area contributed by atoms with Crippen molar-refractivity contribution in [2.24, 2.45) is 0 Å². The number of urea groups is 1. The van der Waals surface area contributed by atoms with Gasteiger partial charge in [0.05, 0.1) is 17.5 Å². The predicted octanol–water partition coefficient (Wildman–Crippen LogP) is 0.272. The highest BCUT2D eigenvalue weighted by atomic mass is 32.2. The molecule has 0 spiro atoms. The molecule has 0 aliphatic carbocycles. The Hall–Kier alpha value is -1.77. The number of fused-ring (bicyclic) bond motifs is 1. The van der Waals surface area contributed by atoms with Gasteiger partial charge < -0.3 is 15.7 Å². The molecule has 3 fully saturated rings. The molecule has 3 aliphatic rings. The van der Waals surface area contributed by atoms with Crippen LogP contribution in [0, 0.1) is 0 Å². The minimum atomic E-state index is -0.882. The molecule has 0 radical (unpaired) electrons. The van der Waals surface area contributed by atoms with Crippen molar-refractivity contribution in [3.05, 3.63) is 0 Å². The van der Waals surface area contributed by atoms with Gasteiger partial charge in [0.25, 0.3) is 0 Å². The molecule has 4 unspecified atom stereocenters. The highest BCUT2D eigenvalue weighted by Crippen LogP contribution is 2.40. The Kier molecular flexibility index (Phi) is 4.47. The number of nitrogens with one attached hydrogen (secondary N) is 2. The summed E-state index contributed by atoms with van der Waals surface area (Å²) >= 11 is 1.55. The van der Waals surface area contributed by atoms with Gasteiger partial charge in [0, 0.05) is 24.5 Å². The first kappa shape index (κ1) is 16.1. The van der Waals surface area contributed by atoms with E-state index >= 15 is 0 Å². The molecular weight excluding hydrogens is 322 g/mol. The number of aliphatic carboxylic acids is 1. The summed E-state index contributed by atoms with van der Waals surface area (Å²) in [7, 11) is 0. The second-order valence-corrected chi connectivity index (χ2v) is 7.45. The van der Waals surface area contributed by atoms with Crippen molar-refractivity contribution in [2.45, 2.75) is 61.2 Å². The maximum atomic E-state index is 12.1. The number of amides is 4. The van der Waals surface area contributed by atoms with E-state index in [9.17, 15) is 19.2 Å². The van der Waals surface area contributed by atoms with Crippen LogP contribution in [0.3, 0.4) is 0 Å². The first-order valence-corrected chi connectivity index (χ1v) is 8.69. The molecule has 3 rings (SSSR count). The fraction of sp³-hybridized carbons (Fsp3) is 0.714. The van der Waals surface area contributed by atoms with Crippen LogP contribution in [0.4, 0.5) is 4.79 Å². The summed E-state index contributed by atoms with van der Waals surface area (Å²) in [5, 5.41) is 14.4. The molecule has 0 bridgehead atoms. The highest BCUT2D eigenvalue weighted by molar-refractivity contribution is 8.00. The van der Waals surface area contributed by atoms with Gasteiger partial charge in [-0.2, -0.15) is 0 Å². The van der Waals surface area contributed by atoms with Crippen LogP contribution >= 0.6 is 11.8 Å². The lowest BCUT2D eigenvalue weighted by Gasteiger charge is -2.31. The topological polar surface area (TPSA) is 116 Å². The molecule has 23 heavy (non-hydrogen) atoms. The molecule has 3 N–H and O–H groups in total. The zero-order valence-corrected chi connectivity index (χ0v) is 13.3. The van der Waals surface area contributed by atoms with E-state index in [4.69, 9.17) is 5.11 Å². The monoisotopic (exact) mass is 341 g/mol. The van der Waals surface area contributed by atoms with Gasteiger partial charge in [-0.3, -0.25) is 19.3 Å². The minimum Gasteiger partial charge on any atom is -0.481 e. The lowest BCUT2D eigenvalue weighted by atomic mass is 9.99. The Balaban J connectivity index is 1.70. The number of carboxylic acid groups (broad SMARTS) is 1. The van der Waals surface area contributed by atoms with Gasteiger partial charge in [0.2, 0.25) is 11.8 Å². The number of nitrogens with zero attached hydrogens (tertiary/aromatic N) is 1. The fourth-order valence-electron chi connectivity index (χ4n) is 3.48. The van der Waals surface area contributed by atoms with Crippen molar-refractivity contribution >= 4 is 35.6 Å². The normalized spacial score (nSPS) is 31.0. The second kappa shape index (κ2) is 6.38. The molecule has 0 saturated carbocycles. The SMILES string of the molecule is O=C(O)CCCC(C1CC2NC(=O)NC2S1)N1C(=O)CCC1=O. The van der Waals surface area contributed by atoms with Crippen LogP contribution < -0.4 is 10.6 Å². The Morgan fingerprint density at radius 2 is 1.96 bits per heavy atom. The van der Waals surface area contributed by atoms with Crippen molar-refractivity contribution in [3.63, 3.8) is 0 Å². The van der Waals surface area contributed by atoms with Gasteiger partial charge in [-0.05, 0) is 19.3 Å². The van der Waals surface area contributed by atoms with E-state index in [1.165, 1.54) is 4.90 Å². The number of likely N-dealkylation sites (tertiary alicyclic amines) is 1. The van der Waals surface area contributed by atoms with E-state index in [0.717, 1.165) is 0 Å².